The molecule has 0 aliphatic carbocycles. The number of halogens is 2. The topological polar surface area (TPSA) is 34.1 Å². The Bertz CT molecular complexity index is 237. The van der Waals surface area contributed by atoms with Crippen LogP contribution in [0.2, 0.25) is 0 Å². The number of sulfone groups is 1. The lowest BCUT2D eigenvalue weighted by molar-refractivity contribution is 0.362. The van der Waals surface area contributed by atoms with E-state index in [1.54, 1.807) is 6.92 Å². The third kappa shape index (κ3) is 4.62. The molecule has 0 aromatic rings. The minimum Gasteiger partial charge on any atom is -0.229 e. The van der Waals surface area contributed by atoms with E-state index >= 15 is 0 Å². The molecule has 0 aliphatic rings. The minimum atomic E-state index is -2.82. The first-order valence-electron chi connectivity index (χ1n) is 4.77. The van der Waals surface area contributed by atoms with Crippen LogP contribution in [0.5, 0.6) is 0 Å². The van der Waals surface area contributed by atoms with Crippen molar-refractivity contribution in [3.05, 3.63) is 0 Å². The molecule has 0 rings (SSSR count). The third-order valence-electron chi connectivity index (χ3n) is 2.70. The maximum Gasteiger partial charge on any atom is 0.150 e. The van der Waals surface area contributed by atoms with E-state index in [1.807, 2.05) is 0 Å². The van der Waals surface area contributed by atoms with E-state index in [-0.39, 0.29) is 11.2 Å². The monoisotopic (exact) mass is 348 g/mol. The number of rotatable bonds is 7. The molecule has 0 bridgehead atoms. The third-order valence-corrected chi connectivity index (χ3v) is 6.78. The summed E-state index contributed by atoms with van der Waals surface area (Å²) < 4.78 is 22.7. The molecule has 0 atom stereocenters. The molecule has 14 heavy (non-hydrogen) atoms. The van der Waals surface area contributed by atoms with Gasteiger partial charge in [-0.1, -0.05) is 45.7 Å². The maximum atomic E-state index is 11.4. The predicted octanol–water partition coefficient (Wildman–Crippen LogP) is 3.00. The van der Waals surface area contributed by atoms with E-state index in [0.717, 1.165) is 23.5 Å². The summed E-state index contributed by atoms with van der Waals surface area (Å²) in [5.74, 6) is 0.548. The highest BCUT2D eigenvalue weighted by atomic mass is 79.9. The van der Waals surface area contributed by atoms with Crippen LogP contribution in [0.3, 0.4) is 0 Å². The lowest BCUT2D eigenvalue weighted by Crippen LogP contribution is -2.27. The first-order valence-corrected chi connectivity index (χ1v) is 8.84. The van der Waals surface area contributed by atoms with Crippen LogP contribution >= 0.6 is 31.9 Å². The minimum absolute atomic E-state index is 0.0856. The van der Waals surface area contributed by atoms with Crippen molar-refractivity contribution >= 4 is 41.7 Å². The Morgan fingerprint density at radius 2 is 1.64 bits per heavy atom. The molecule has 0 unspecified atom stereocenters. The van der Waals surface area contributed by atoms with Crippen LogP contribution in [0.4, 0.5) is 0 Å². The van der Waals surface area contributed by atoms with Crippen molar-refractivity contribution in [3.8, 4) is 0 Å². The van der Waals surface area contributed by atoms with Crippen LogP contribution in [-0.2, 0) is 9.84 Å². The Hall–Kier alpha value is 0.910. The van der Waals surface area contributed by atoms with Gasteiger partial charge < -0.3 is 0 Å². The van der Waals surface area contributed by atoms with Crippen molar-refractivity contribution in [3.63, 3.8) is 0 Å². The normalized spacial score (nSPS) is 13.1. The van der Waals surface area contributed by atoms with E-state index in [2.05, 4.69) is 38.8 Å². The van der Waals surface area contributed by atoms with Crippen LogP contribution in [-0.4, -0.2) is 30.6 Å². The molecular formula is C9H18Br2O2S. The van der Waals surface area contributed by atoms with Gasteiger partial charge in [0.05, 0.1) is 5.75 Å². The van der Waals surface area contributed by atoms with Crippen LogP contribution in [0, 0.1) is 5.41 Å². The Labute approximate surface area is 104 Å². The highest BCUT2D eigenvalue weighted by Crippen LogP contribution is 2.31. The average molecular weight is 350 g/mol. The standard InChI is InChI=1S/C9H18Br2O2S/c1-3-9(7-10,8-11)5-6-14(12,13)4-2/h3-8H2,1-2H3. The van der Waals surface area contributed by atoms with E-state index in [4.69, 9.17) is 0 Å². The highest BCUT2D eigenvalue weighted by molar-refractivity contribution is 9.09. The molecule has 0 amide bonds. The lowest BCUT2D eigenvalue weighted by atomic mass is 9.87. The molecule has 0 saturated carbocycles. The molecule has 0 spiro atoms. The fourth-order valence-electron chi connectivity index (χ4n) is 1.05. The summed E-state index contributed by atoms with van der Waals surface area (Å²) in [4.78, 5) is 0. The molecule has 0 aromatic heterocycles. The Kier molecular flexibility index (Phi) is 6.90. The first-order chi connectivity index (χ1) is 6.45. The van der Waals surface area contributed by atoms with Crippen molar-refractivity contribution in [2.75, 3.05) is 22.2 Å². The van der Waals surface area contributed by atoms with E-state index in [0.29, 0.717) is 5.75 Å². The van der Waals surface area contributed by atoms with Gasteiger partial charge in [-0.15, -0.1) is 0 Å². The number of alkyl halides is 2. The largest absolute Gasteiger partial charge is 0.229 e. The van der Waals surface area contributed by atoms with Crippen LogP contribution in [0.25, 0.3) is 0 Å². The zero-order chi connectivity index (χ0) is 11.2. The van der Waals surface area contributed by atoms with Gasteiger partial charge in [0, 0.05) is 16.4 Å². The Balaban J connectivity index is 4.34. The molecule has 86 valence electrons. The van der Waals surface area contributed by atoms with Gasteiger partial charge in [0.15, 0.2) is 0 Å². The molecule has 2 nitrogen and oxygen atoms in total. The summed E-state index contributed by atoms with van der Waals surface area (Å²) in [5, 5.41) is 1.70. The van der Waals surface area contributed by atoms with E-state index in [1.165, 1.54) is 0 Å². The fraction of sp³-hybridized carbons (Fsp3) is 1.00. The predicted molar refractivity (Wildman–Crippen MR) is 69.3 cm³/mol. The number of hydrogen-bond donors (Lipinski definition) is 0. The van der Waals surface area contributed by atoms with Gasteiger partial charge in [0.25, 0.3) is 0 Å². The van der Waals surface area contributed by atoms with Crippen LogP contribution < -0.4 is 0 Å². The second-order valence-corrected chi connectivity index (χ2v) is 7.20. The molecule has 0 N–H and O–H groups in total. The Morgan fingerprint density at radius 1 is 1.14 bits per heavy atom. The quantitative estimate of drug-likeness (QED) is 0.662. The average Bonchev–Trinajstić information content (AvgIpc) is 2.21. The second-order valence-electron chi connectivity index (χ2n) is 3.61. The second kappa shape index (κ2) is 6.48. The molecule has 0 fully saturated rings. The van der Waals surface area contributed by atoms with E-state index < -0.39 is 9.84 Å². The Morgan fingerprint density at radius 3 is 1.93 bits per heavy atom. The molecule has 0 aromatic carbocycles. The van der Waals surface area contributed by atoms with Gasteiger partial charge in [0.2, 0.25) is 0 Å². The number of hydrogen-bond acceptors (Lipinski definition) is 2. The van der Waals surface area contributed by atoms with Gasteiger partial charge in [-0.2, -0.15) is 0 Å². The van der Waals surface area contributed by atoms with Crippen molar-refractivity contribution in [1.82, 2.24) is 0 Å². The van der Waals surface area contributed by atoms with Crippen molar-refractivity contribution in [2.24, 2.45) is 5.41 Å². The van der Waals surface area contributed by atoms with Gasteiger partial charge in [-0.05, 0) is 18.3 Å². The summed E-state index contributed by atoms with van der Waals surface area (Å²) >= 11 is 6.92. The van der Waals surface area contributed by atoms with Crippen molar-refractivity contribution in [2.45, 2.75) is 26.7 Å². The molecule has 0 radical (unpaired) electrons. The zero-order valence-electron chi connectivity index (χ0n) is 8.72. The van der Waals surface area contributed by atoms with Crippen LogP contribution in [0.15, 0.2) is 0 Å². The molecule has 0 saturated heterocycles. The highest BCUT2D eigenvalue weighted by Gasteiger charge is 2.27. The molecule has 0 aliphatic heterocycles. The van der Waals surface area contributed by atoms with Gasteiger partial charge >= 0.3 is 0 Å². The molecular weight excluding hydrogens is 332 g/mol. The van der Waals surface area contributed by atoms with Gasteiger partial charge in [-0.3, -0.25) is 0 Å². The summed E-state index contributed by atoms with van der Waals surface area (Å²) in [7, 11) is -2.82. The van der Waals surface area contributed by atoms with Gasteiger partial charge in [0.1, 0.15) is 9.84 Å². The van der Waals surface area contributed by atoms with Crippen molar-refractivity contribution < 1.29 is 8.42 Å². The zero-order valence-corrected chi connectivity index (χ0v) is 12.7. The summed E-state index contributed by atoms with van der Waals surface area (Å²) in [6.07, 6.45) is 1.72. The smallest absolute Gasteiger partial charge is 0.150 e. The summed E-state index contributed by atoms with van der Waals surface area (Å²) in [6.45, 7) is 3.80. The summed E-state index contributed by atoms with van der Waals surface area (Å²) in [6, 6.07) is 0. The van der Waals surface area contributed by atoms with E-state index in [9.17, 15) is 8.42 Å². The lowest BCUT2D eigenvalue weighted by Gasteiger charge is -2.28. The first kappa shape index (κ1) is 14.9. The maximum absolute atomic E-state index is 11.4. The molecule has 0 heterocycles. The molecule has 5 heteroatoms. The SMILES string of the molecule is CCC(CBr)(CBr)CCS(=O)(=O)CC. The summed E-state index contributed by atoms with van der Waals surface area (Å²) in [5.41, 5.74) is 0.0856. The fourth-order valence-corrected chi connectivity index (χ4v) is 4.37. The van der Waals surface area contributed by atoms with Gasteiger partial charge in [-0.25, -0.2) is 8.42 Å². The van der Waals surface area contributed by atoms with Crippen LogP contribution in [0.1, 0.15) is 26.7 Å². The van der Waals surface area contributed by atoms with Crippen molar-refractivity contribution in [1.29, 1.82) is 0 Å².